The molecule has 3 N–H and O–H groups in total. The molecule has 0 aromatic rings. The predicted octanol–water partition coefficient (Wildman–Crippen LogP) is 13.9. The molecule has 0 heterocycles. The number of carboxylic acid groups (broad SMARTS) is 1. The Hall–Kier alpha value is -1.69. The molecule has 0 aromatic carbocycles. The molecule has 0 aliphatic carbocycles. The average Bonchev–Trinajstić information content (AvgIpc) is 3.27. The first-order valence-corrected chi connectivity index (χ1v) is 27.3. The zero-order valence-corrected chi connectivity index (χ0v) is 43.7. The van der Waals surface area contributed by atoms with Gasteiger partial charge in [-0.25, -0.2) is 14.4 Å². The molecular weight excluding hydrogens is 887 g/mol. The van der Waals surface area contributed by atoms with Gasteiger partial charge < -0.3 is 29.5 Å². The van der Waals surface area contributed by atoms with Crippen molar-refractivity contribution in [1.29, 1.82) is 0 Å². The van der Waals surface area contributed by atoms with Crippen LogP contribution in [0.15, 0.2) is 36.5 Å². The molecule has 0 spiro atoms. The number of aliphatic carboxylic acids is 1. The zero-order chi connectivity index (χ0) is 46.7. The topological polar surface area (TPSA) is 140 Å². The van der Waals surface area contributed by atoms with E-state index >= 15 is 0 Å². The van der Waals surface area contributed by atoms with Crippen molar-refractivity contribution in [2.75, 3.05) is 39.6 Å². The Balaban J connectivity index is -0.000000385. The molecule has 3 radical (unpaired) electrons. The predicted molar refractivity (Wildman–Crippen MR) is 263 cm³/mol. The molecule has 62 heavy (non-hydrogen) atoms. The summed E-state index contributed by atoms with van der Waals surface area (Å²) in [6.07, 6.45) is 49.5. The summed E-state index contributed by atoms with van der Waals surface area (Å²) in [5.41, 5.74) is 0. The summed E-state index contributed by atoms with van der Waals surface area (Å²) in [5, 5.41) is 25.3. The number of aliphatic hydroxyl groups excluding tert-OH is 2. The number of ether oxygens (including phenoxy) is 3. The van der Waals surface area contributed by atoms with Gasteiger partial charge in [0.25, 0.3) is 0 Å². The van der Waals surface area contributed by atoms with Gasteiger partial charge in [0.1, 0.15) is 0 Å². The summed E-state index contributed by atoms with van der Waals surface area (Å²) in [4.78, 5) is 32.2. The number of esters is 2. The number of hydrogen-bond donors (Lipinski definition) is 3. The van der Waals surface area contributed by atoms with E-state index in [2.05, 4.69) is 27.7 Å². The van der Waals surface area contributed by atoms with Crippen molar-refractivity contribution in [3.8, 4) is 0 Å². The number of carbonyl (C=O) groups is 3. The summed E-state index contributed by atoms with van der Waals surface area (Å²) >= 11 is 1.68. The zero-order valence-electron chi connectivity index (χ0n) is 40.8. The number of unbranched alkanes of at least 4 members (excludes halogenated alkanes) is 28. The molecule has 0 aromatic heterocycles. The van der Waals surface area contributed by atoms with Gasteiger partial charge in [-0.2, -0.15) is 0 Å². The van der Waals surface area contributed by atoms with Gasteiger partial charge in [0, 0.05) is 24.8 Å². The molecule has 0 rings (SSSR count). The molecule has 0 fully saturated rings. The fourth-order valence-corrected chi connectivity index (χ4v) is 7.08. The van der Waals surface area contributed by atoms with Gasteiger partial charge >= 0.3 is 64.6 Å². The third kappa shape index (κ3) is 75.7. The Kier molecular flexibility index (Phi) is 71.1. The van der Waals surface area contributed by atoms with Gasteiger partial charge in [-0.3, -0.25) is 0 Å². The first kappa shape index (κ1) is 66.9. The molecule has 0 aliphatic heterocycles. The van der Waals surface area contributed by atoms with E-state index in [1.807, 2.05) is 6.08 Å². The molecule has 0 saturated heterocycles. The maximum absolute atomic E-state index is 11.0. The van der Waals surface area contributed by atoms with Crippen LogP contribution < -0.4 is 0 Å². The van der Waals surface area contributed by atoms with Crippen molar-refractivity contribution >= 4 is 40.4 Å². The molecule has 0 aliphatic rings. The Bertz CT molecular complexity index is 953. The Morgan fingerprint density at radius 2 is 0.726 bits per heavy atom. The SMILES string of the molecule is CCCCCCCCCCCCOC(=O)/C=C\C(=O)O.CCCCCCCCCCCCOC(=O)/C=C\CO.CCCCCCCCCCCCOC/C=C\CO.CCC[CH2][Sn]. The monoisotopic (exact) mass is 988 g/mol. The van der Waals surface area contributed by atoms with E-state index in [0.717, 1.165) is 44.4 Å². The summed E-state index contributed by atoms with van der Waals surface area (Å²) < 4.78 is 16.7. The van der Waals surface area contributed by atoms with Crippen LogP contribution in [0.3, 0.4) is 0 Å². The van der Waals surface area contributed by atoms with Crippen molar-refractivity contribution < 1.29 is 43.9 Å². The van der Waals surface area contributed by atoms with Gasteiger partial charge in [-0.1, -0.05) is 212 Å². The fraction of sp³-hybridized carbons (Fsp3) is 0.827. The van der Waals surface area contributed by atoms with Crippen LogP contribution in [0.25, 0.3) is 0 Å². The van der Waals surface area contributed by atoms with Crippen molar-refractivity contribution in [1.82, 2.24) is 0 Å². The second-order valence-electron chi connectivity index (χ2n) is 16.0. The number of carbonyl (C=O) groups excluding carboxylic acids is 2. The van der Waals surface area contributed by atoms with E-state index in [9.17, 15) is 14.4 Å². The Labute approximate surface area is 396 Å². The first-order valence-electron chi connectivity index (χ1n) is 25.3. The maximum atomic E-state index is 11.0. The van der Waals surface area contributed by atoms with Crippen LogP contribution in [0.5, 0.6) is 0 Å². The van der Waals surface area contributed by atoms with Crippen LogP contribution >= 0.6 is 0 Å². The van der Waals surface area contributed by atoms with E-state index in [1.54, 1.807) is 28.6 Å². The molecule has 0 atom stereocenters. The quantitative estimate of drug-likeness (QED) is 0.0179. The molecule has 365 valence electrons. The molecule has 0 amide bonds. The van der Waals surface area contributed by atoms with Crippen LogP contribution in [0.4, 0.5) is 0 Å². The average molecular weight is 987 g/mol. The Morgan fingerprint density at radius 1 is 0.403 bits per heavy atom. The fourth-order valence-electron chi connectivity index (χ4n) is 6.07. The second kappa shape index (κ2) is 65.9. The number of aliphatic hydroxyl groups is 2. The van der Waals surface area contributed by atoms with E-state index in [4.69, 9.17) is 29.5 Å². The van der Waals surface area contributed by atoms with Gasteiger partial charge in [0.15, 0.2) is 0 Å². The first-order chi connectivity index (χ1) is 30.3. The van der Waals surface area contributed by atoms with Gasteiger partial charge in [-0.15, -0.1) is 0 Å². The third-order valence-electron chi connectivity index (χ3n) is 9.86. The van der Waals surface area contributed by atoms with Crippen molar-refractivity contribution in [2.24, 2.45) is 0 Å². The van der Waals surface area contributed by atoms with E-state index in [-0.39, 0.29) is 19.2 Å². The summed E-state index contributed by atoms with van der Waals surface area (Å²) in [6.45, 7) is 11.3. The van der Waals surface area contributed by atoms with E-state index in [1.165, 1.54) is 196 Å². The van der Waals surface area contributed by atoms with Crippen LogP contribution in [-0.2, 0) is 28.6 Å². The summed E-state index contributed by atoms with van der Waals surface area (Å²) in [5.74, 6) is -2.07. The van der Waals surface area contributed by atoms with E-state index < -0.39 is 11.9 Å². The van der Waals surface area contributed by atoms with E-state index in [0.29, 0.717) is 19.8 Å². The minimum absolute atomic E-state index is 0.113. The molecular formula is C52H99O9Sn. The third-order valence-corrected chi connectivity index (χ3v) is 10.9. The second-order valence-corrected chi connectivity index (χ2v) is 17.4. The van der Waals surface area contributed by atoms with Gasteiger partial charge in [0.05, 0.1) is 33.0 Å². The normalized spacial score (nSPS) is 10.9. The standard InChI is InChI=1S/C16H28O4.C16H30O3.C16H32O2.C4H9.Sn/c1-2-3-4-5-6-7-8-9-10-11-14-20-16(19)13-12-15(17)18;1-2-3-4-5-6-7-8-9-10-11-15-19-16(18)13-12-14-17;1-2-3-4-5-6-7-8-9-10-12-15-18-16-13-11-14-17;1-3-4-2;/h12-13H,2-11,14H2,1H3,(H,17,18);12-13,17H,2-11,14-15H2,1H3;11,13,17H,2-10,12,14-16H2,1H3;1,3-4H2,2H3;/b2*13-12-;13-11-;;. The molecule has 0 saturated carbocycles. The van der Waals surface area contributed by atoms with Crippen LogP contribution in [0.2, 0.25) is 4.44 Å². The summed E-state index contributed by atoms with van der Waals surface area (Å²) in [6, 6.07) is 0. The van der Waals surface area contributed by atoms with Crippen molar-refractivity contribution in [3.05, 3.63) is 36.5 Å². The molecule has 0 bridgehead atoms. The van der Waals surface area contributed by atoms with Crippen LogP contribution in [0, 0.1) is 0 Å². The van der Waals surface area contributed by atoms with Crippen molar-refractivity contribution in [3.63, 3.8) is 0 Å². The number of carboxylic acids is 1. The molecule has 10 heteroatoms. The minimum atomic E-state index is -1.14. The van der Waals surface area contributed by atoms with Gasteiger partial charge in [-0.05, 0) is 19.3 Å². The number of hydrogen-bond acceptors (Lipinski definition) is 8. The Morgan fingerprint density at radius 3 is 1.03 bits per heavy atom. The van der Waals surface area contributed by atoms with Crippen LogP contribution in [-0.4, -0.2) is 95.4 Å². The van der Waals surface area contributed by atoms with Gasteiger partial charge in [0.2, 0.25) is 0 Å². The molecule has 0 unspecified atom stereocenters. The molecule has 9 nitrogen and oxygen atoms in total. The van der Waals surface area contributed by atoms with Crippen LogP contribution in [0.1, 0.15) is 233 Å². The summed E-state index contributed by atoms with van der Waals surface area (Å²) in [7, 11) is 0. The van der Waals surface area contributed by atoms with Crippen molar-refractivity contribution in [2.45, 2.75) is 238 Å². The number of rotatable bonds is 42.